The van der Waals surface area contributed by atoms with E-state index in [0.717, 1.165) is 13.4 Å². The van der Waals surface area contributed by atoms with Crippen LogP contribution in [0, 0.1) is 17.8 Å². The Morgan fingerprint density at radius 3 is 1.08 bits per heavy atom. The van der Waals surface area contributed by atoms with Gasteiger partial charge >= 0.3 is 12.1 Å². The second-order valence-electron chi connectivity index (χ2n) is 21.3. The molecular weight excluding hydrogens is 1160 g/mol. The molecule has 0 unspecified atom stereocenters. The van der Waals surface area contributed by atoms with Gasteiger partial charge < -0.3 is 55.6 Å². The largest absolute Gasteiger partial charge is 0.467 e. The molecule has 3 aliphatic rings. The molecule has 21 heteroatoms. The van der Waals surface area contributed by atoms with Crippen LogP contribution < -0.4 is 31.9 Å². The van der Waals surface area contributed by atoms with Crippen LogP contribution in [0.3, 0.4) is 0 Å². The normalized spacial score (nSPS) is 24.7. The smallest absolute Gasteiger partial charge is 0.408 e. The molecule has 0 aliphatic carbocycles. The van der Waals surface area contributed by atoms with Crippen molar-refractivity contribution in [2.45, 2.75) is 140 Å². The van der Waals surface area contributed by atoms with Crippen LogP contribution in [-0.2, 0) is 52.5 Å². The van der Waals surface area contributed by atoms with E-state index in [2.05, 4.69) is 79.7 Å². The lowest BCUT2D eigenvalue weighted by molar-refractivity contribution is -0.148. The molecule has 0 aromatic heterocycles. The average molecular weight is 1230 g/mol. The molecule has 0 bridgehead atoms. The number of alkyl carbamates (subject to hydrolysis) is 1. The summed E-state index contributed by atoms with van der Waals surface area (Å²) in [4.78, 5) is 102. The van der Waals surface area contributed by atoms with Crippen molar-refractivity contribution in [1.29, 1.82) is 0 Å². The summed E-state index contributed by atoms with van der Waals surface area (Å²) >= 11 is 10.4. The zero-order valence-electron chi connectivity index (χ0n) is 43.9. The maximum Gasteiger partial charge on any atom is 0.408 e. The molecule has 6 N–H and O–H groups in total. The highest BCUT2D eigenvalue weighted by atomic mass is 79.9. The van der Waals surface area contributed by atoms with Crippen LogP contribution in [0.2, 0.25) is 0 Å². The Hall–Kier alpha value is -4.93. The summed E-state index contributed by atoms with van der Waals surface area (Å²) in [5.41, 5.74) is -4.66. The van der Waals surface area contributed by atoms with Crippen LogP contribution in [0.15, 0.2) is 86.2 Å². The van der Waals surface area contributed by atoms with Gasteiger partial charge in [0.05, 0.1) is 26.9 Å². The van der Waals surface area contributed by atoms with Gasteiger partial charge in [0, 0.05) is 32.7 Å². The third-order valence-electron chi connectivity index (χ3n) is 13.7. The number of hydrogen-bond donors (Lipinski definition) is 6. The van der Waals surface area contributed by atoms with Gasteiger partial charge in [-0.25, -0.2) is 9.59 Å². The van der Waals surface area contributed by atoms with Gasteiger partial charge in [-0.15, -0.1) is 0 Å². The van der Waals surface area contributed by atoms with Gasteiger partial charge in [0.15, 0.2) is 16.6 Å². The van der Waals surface area contributed by atoms with Crippen LogP contribution in [0.25, 0.3) is 0 Å². The minimum absolute atomic E-state index is 0.00240. The summed E-state index contributed by atoms with van der Waals surface area (Å²) in [5.74, 6) is -5.95. The second-order valence-corrected chi connectivity index (χ2v) is 24.0. The molecule has 18 nitrogen and oxygen atoms in total. The monoisotopic (exact) mass is 1230 g/mol. The summed E-state index contributed by atoms with van der Waals surface area (Å²) < 4.78 is 31.7. The van der Waals surface area contributed by atoms with E-state index in [1.165, 1.54) is 7.11 Å². The molecule has 9 atom stereocenters. The predicted octanol–water partition coefficient (Wildman–Crippen LogP) is 7.33. The Bertz CT molecular complexity index is 2560. The Morgan fingerprint density at radius 1 is 0.507 bits per heavy atom. The molecule has 0 saturated carbocycles. The maximum atomic E-state index is 15.5. The van der Waals surface area contributed by atoms with E-state index < -0.39 is 118 Å². The highest BCUT2D eigenvalue weighted by Crippen LogP contribution is 2.43. The molecule has 3 heterocycles. The number of carbonyl (C=O) groups excluding carboxylic acids is 7. The van der Waals surface area contributed by atoms with Crippen molar-refractivity contribution in [3.63, 3.8) is 0 Å². The van der Waals surface area contributed by atoms with Crippen molar-refractivity contribution in [2.24, 2.45) is 17.8 Å². The van der Waals surface area contributed by atoms with Gasteiger partial charge in [0.2, 0.25) is 29.5 Å². The molecule has 3 aromatic carbocycles. The van der Waals surface area contributed by atoms with E-state index in [9.17, 15) is 14.4 Å². The zero-order chi connectivity index (χ0) is 55.2. The van der Waals surface area contributed by atoms with Gasteiger partial charge in [0.25, 0.3) is 0 Å². The second kappa shape index (κ2) is 24.6. The molecule has 6 amide bonds. The number of benzene rings is 3. The summed E-state index contributed by atoms with van der Waals surface area (Å²) in [6.07, 6.45) is -4.02. The summed E-state index contributed by atoms with van der Waals surface area (Å²) in [5, 5.41) is 17.5. The van der Waals surface area contributed by atoms with Gasteiger partial charge in [0.1, 0.15) is 42.0 Å². The molecule has 0 radical (unpaired) electrons. The summed E-state index contributed by atoms with van der Waals surface area (Å²) in [6.45, 7) is 15.7. The molecule has 0 spiro atoms. The lowest BCUT2D eigenvalue weighted by Gasteiger charge is -2.39. The van der Waals surface area contributed by atoms with E-state index in [1.54, 1.807) is 135 Å². The SMILES string of the molecule is COC(=O)[C@H](NC(=O)[C@]1(NC(=O)[C@H](NC(=O)[C@]2(NC(=O)[C@H](NC(=O)[C@]3(NC(=O)OC(C)(C)C)CCO[C@@H]3c3ccc(Br)cc3)C(C)C)CCO[C@@H]2c2ccc(Br)cc2)C(C)C)CCO[C@@H]1c1ccc(Br)cc1)C(C)C. The van der Waals surface area contributed by atoms with Crippen molar-refractivity contribution in [1.82, 2.24) is 31.9 Å². The van der Waals surface area contributed by atoms with Crippen LogP contribution in [0.5, 0.6) is 0 Å². The Morgan fingerprint density at radius 2 is 0.800 bits per heavy atom. The van der Waals surface area contributed by atoms with Gasteiger partial charge in [-0.05, 0) is 91.6 Å². The third kappa shape index (κ3) is 13.4. The number of amides is 6. The van der Waals surface area contributed by atoms with Crippen molar-refractivity contribution in [2.75, 3.05) is 26.9 Å². The third-order valence-corrected chi connectivity index (χ3v) is 15.3. The molecule has 3 fully saturated rings. The lowest BCUT2D eigenvalue weighted by atomic mass is 9.83. The fourth-order valence-electron chi connectivity index (χ4n) is 9.73. The number of methoxy groups -OCH3 is 1. The number of ether oxygens (including phenoxy) is 5. The van der Waals surface area contributed by atoms with Gasteiger partial charge in [-0.2, -0.15) is 0 Å². The predicted molar refractivity (Wildman–Crippen MR) is 289 cm³/mol. The van der Waals surface area contributed by atoms with E-state index in [-0.39, 0.29) is 39.1 Å². The first-order valence-corrected chi connectivity index (χ1v) is 27.4. The minimum Gasteiger partial charge on any atom is -0.467 e. The Labute approximate surface area is 463 Å². The number of esters is 1. The molecule has 3 aliphatic heterocycles. The van der Waals surface area contributed by atoms with Crippen LogP contribution in [0.4, 0.5) is 4.79 Å². The standard InChI is InChI=1S/C54H69Br3N6O12/c1-29(2)38(44(64)62-53(48(68)60-40(31(5)6)46(66)71-10)24-27-73-42(53)33-13-19-36(56)20-14-33)58-47(67)52(23-26-72-41(52)32-11-17-35(55)18-12-32)61-45(65)39(30(3)4)59-49(69)54(63-50(70)75-51(7,8)9)25-28-74-43(54)34-15-21-37(57)22-16-34/h11-22,29-31,38-43H,23-28H2,1-10H3,(H,58,67)(H,59,69)(H,60,68)(H,61,65)(H,62,64)(H,63,70)/t38-,39-,40-,41-,42-,43-,52+,53+,54+/m1/s1. The van der Waals surface area contributed by atoms with Gasteiger partial charge in [-0.1, -0.05) is 126 Å². The fraction of sp³-hybridized carbons (Fsp3) is 0.537. The van der Waals surface area contributed by atoms with Crippen LogP contribution in [-0.4, -0.2) is 109 Å². The highest BCUT2D eigenvalue weighted by Gasteiger charge is 2.58. The number of hydrogen-bond acceptors (Lipinski definition) is 12. The first kappa shape index (κ1) is 59.3. The van der Waals surface area contributed by atoms with Crippen molar-refractivity contribution < 1.29 is 57.2 Å². The first-order chi connectivity index (χ1) is 35.3. The maximum absolute atomic E-state index is 15.5. The number of rotatable bonds is 18. The van der Waals surface area contributed by atoms with Crippen LogP contribution >= 0.6 is 47.8 Å². The first-order valence-electron chi connectivity index (χ1n) is 25.0. The number of nitrogens with one attached hydrogen (secondary N) is 6. The average Bonchev–Trinajstić information content (AvgIpc) is 4.09. The molecular formula is C54H69Br3N6O12. The van der Waals surface area contributed by atoms with E-state index in [4.69, 9.17) is 23.7 Å². The van der Waals surface area contributed by atoms with Crippen molar-refractivity contribution >= 4 is 89.4 Å². The van der Waals surface area contributed by atoms with E-state index in [0.29, 0.717) is 16.7 Å². The Kier molecular flexibility index (Phi) is 19.5. The van der Waals surface area contributed by atoms with Crippen molar-refractivity contribution in [3.05, 3.63) is 103 Å². The fourth-order valence-corrected chi connectivity index (χ4v) is 10.5. The zero-order valence-corrected chi connectivity index (χ0v) is 48.7. The molecule has 3 saturated heterocycles. The van der Waals surface area contributed by atoms with Gasteiger partial charge in [-0.3, -0.25) is 24.0 Å². The number of carbonyl (C=O) groups is 7. The molecule has 75 heavy (non-hydrogen) atoms. The van der Waals surface area contributed by atoms with E-state index in [1.807, 2.05) is 0 Å². The Balaban J connectivity index is 1.36. The number of halogens is 3. The molecule has 408 valence electrons. The quantitative estimate of drug-likeness (QED) is 0.0687. The summed E-state index contributed by atoms with van der Waals surface area (Å²) in [7, 11) is 1.22. The van der Waals surface area contributed by atoms with Crippen molar-refractivity contribution in [3.8, 4) is 0 Å². The minimum atomic E-state index is -1.89. The lowest BCUT2D eigenvalue weighted by Crippen LogP contribution is -2.69. The molecule has 6 rings (SSSR count). The van der Waals surface area contributed by atoms with E-state index >= 15 is 19.2 Å². The summed E-state index contributed by atoms with van der Waals surface area (Å²) in [6, 6.07) is 17.5. The topological polar surface area (TPSA) is 238 Å². The van der Waals surface area contributed by atoms with Crippen LogP contribution in [0.1, 0.15) is 117 Å². The molecule has 3 aromatic rings. The highest BCUT2D eigenvalue weighted by molar-refractivity contribution is 9.11.